The van der Waals surface area contributed by atoms with Gasteiger partial charge in [0.15, 0.2) is 0 Å². The molecule has 0 saturated heterocycles. The van der Waals surface area contributed by atoms with Crippen LogP contribution in [-0.4, -0.2) is 23.7 Å². The Balaban J connectivity index is 1.14. The average molecular weight is 753 g/mol. The van der Waals surface area contributed by atoms with Crippen molar-refractivity contribution in [1.82, 2.24) is 23.7 Å². The van der Waals surface area contributed by atoms with Crippen LogP contribution in [0.5, 0.6) is 0 Å². The minimum Gasteiger partial charge on any atom is -0.309 e. The summed E-state index contributed by atoms with van der Waals surface area (Å²) in [6.45, 7) is 0. The second kappa shape index (κ2) is 12.9. The van der Waals surface area contributed by atoms with Gasteiger partial charge < -0.3 is 13.7 Å². The molecule has 0 radical (unpaired) electrons. The van der Waals surface area contributed by atoms with Crippen LogP contribution in [-0.2, 0) is 0 Å². The van der Waals surface area contributed by atoms with Crippen molar-refractivity contribution in [2.24, 2.45) is 0 Å². The molecular weight excluding hydrogens is 721 g/mol. The van der Waals surface area contributed by atoms with Crippen molar-refractivity contribution in [2.75, 3.05) is 0 Å². The summed E-state index contributed by atoms with van der Waals surface area (Å²) in [6, 6.07) is 66.2. The fourth-order valence-electron chi connectivity index (χ4n) is 9.29. The zero-order valence-electron chi connectivity index (χ0n) is 31.7. The molecule has 12 rings (SSSR count). The smallest absolute Gasteiger partial charge is 0.101 e. The van der Waals surface area contributed by atoms with E-state index in [-0.39, 0.29) is 0 Å². The molecule has 7 aromatic carbocycles. The van der Waals surface area contributed by atoms with Crippen molar-refractivity contribution < 1.29 is 0 Å². The lowest BCUT2D eigenvalue weighted by molar-refractivity contribution is 1.14. The molecule has 0 aliphatic heterocycles. The van der Waals surface area contributed by atoms with E-state index in [1.165, 1.54) is 21.5 Å². The Morgan fingerprint density at radius 3 is 0.932 bits per heavy atom. The van der Waals surface area contributed by atoms with E-state index in [1.807, 2.05) is 24.5 Å². The summed E-state index contributed by atoms with van der Waals surface area (Å²) >= 11 is 0. The monoisotopic (exact) mass is 752 g/mol. The molecule has 0 aliphatic carbocycles. The Hall–Kier alpha value is -8.27. The molecule has 0 N–H and O–H groups in total. The Kier molecular flexibility index (Phi) is 7.19. The van der Waals surface area contributed by atoms with Crippen LogP contribution in [0.3, 0.4) is 0 Å². The number of fused-ring (bicyclic) bond motifs is 9. The van der Waals surface area contributed by atoms with Gasteiger partial charge in [0, 0.05) is 72.9 Å². The van der Waals surface area contributed by atoms with Crippen LogP contribution in [0.25, 0.3) is 105 Å². The summed E-state index contributed by atoms with van der Waals surface area (Å²) in [7, 11) is 0. The van der Waals surface area contributed by atoms with Gasteiger partial charge in [-0.3, -0.25) is 9.97 Å². The Bertz CT molecular complexity index is 3370. The van der Waals surface area contributed by atoms with Crippen LogP contribution in [0.15, 0.2) is 194 Å². The molecule has 6 nitrogen and oxygen atoms in total. The van der Waals surface area contributed by atoms with E-state index in [0.717, 1.165) is 72.1 Å². The third-order valence-corrected chi connectivity index (χ3v) is 11.8. The highest BCUT2D eigenvalue weighted by Gasteiger charge is 2.22. The van der Waals surface area contributed by atoms with Gasteiger partial charge in [0.05, 0.1) is 50.1 Å². The minimum atomic E-state index is 0.508. The van der Waals surface area contributed by atoms with E-state index in [1.54, 1.807) is 0 Å². The van der Waals surface area contributed by atoms with Crippen LogP contribution in [0.1, 0.15) is 5.56 Å². The Morgan fingerprint density at radius 2 is 0.627 bits per heavy atom. The number of para-hydroxylation sites is 6. The molecule has 0 saturated carbocycles. The molecule has 0 atom stereocenters. The SMILES string of the molecule is N#Cc1c(-c2cc(-n3c4ccccc4c4ccccc43)ccn2)cc(-n2c3ccccc3c3ccccc32)cc1-c1cc(-n2c3ccccc3c3ccccc32)ccn1. The molecule has 0 fully saturated rings. The Morgan fingerprint density at radius 1 is 0.339 bits per heavy atom. The molecule has 12 aromatic rings. The van der Waals surface area contributed by atoms with Crippen LogP contribution >= 0.6 is 0 Å². The van der Waals surface area contributed by atoms with Crippen molar-refractivity contribution in [1.29, 1.82) is 5.26 Å². The van der Waals surface area contributed by atoms with Crippen molar-refractivity contribution in [3.05, 3.63) is 200 Å². The molecule has 0 amide bonds. The standard InChI is InChI=1S/C53H32N6/c54-33-45-43(46-31-34(25-27-55-46)57-48-19-7-1-13-37(48)38-14-2-8-20-49(38)57)29-36(59-52-23-11-5-17-41(52)42-18-6-12-24-53(42)59)30-44(45)47-32-35(26-28-56-47)58-50-21-9-3-15-39(50)40-16-4-10-22-51(40)58/h1-32H. The lowest BCUT2D eigenvalue weighted by Gasteiger charge is -2.17. The van der Waals surface area contributed by atoms with Gasteiger partial charge in [-0.05, 0) is 72.8 Å². The van der Waals surface area contributed by atoms with Gasteiger partial charge in [-0.25, -0.2) is 0 Å². The van der Waals surface area contributed by atoms with E-state index >= 15 is 0 Å². The first-order chi connectivity index (χ1) is 29.2. The molecule has 5 heterocycles. The van der Waals surface area contributed by atoms with Gasteiger partial charge in [0.2, 0.25) is 0 Å². The number of hydrogen-bond donors (Lipinski definition) is 0. The van der Waals surface area contributed by atoms with Gasteiger partial charge >= 0.3 is 0 Å². The maximum Gasteiger partial charge on any atom is 0.101 e. The number of aromatic nitrogens is 5. The van der Waals surface area contributed by atoms with E-state index in [4.69, 9.17) is 9.97 Å². The number of pyridine rings is 2. The molecule has 0 aliphatic rings. The van der Waals surface area contributed by atoms with Crippen molar-refractivity contribution in [3.63, 3.8) is 0 Å². The first-order valence-electron chi connectivity index (χ1n) is 19.7. The summed E-state index contributed by atoms with van der Waals surface area (Å²) in [4.78, 5) is 10.00. The van der Waals surface area contributed by atoms with E-state index in [2.05, 4.69) is 190 Å². The van der Waals surface area contributed by atoms with Crippen LogP contribution in [0.2, 0.25) is 0 Å². The van der Waals surface area contributed by atoms with Gasteiger partial charge in [0.25, 0.3) is 0 Å². The molecule has 6 heteroatoms. The highest BCUT2D eigenvalue weighted by molar-refractivity contribution is 6.11. The van der Waals surface area contributed by atoms with Gasteiger partial charge in [-0.15, -0.1) is 0 Å². The predicted molar refractivity (Wildman–Crippen MR) is 241 cm³/mol. The zero-order valence-corrected chi connectivity index (χ0v) is 31.7. The first-order valence-corrected chi connectivity index (χ1v) is 19.7. The fourth-order valence-corrected chi connectivity index (χ4v) is 9.29. The summed E-state index contributed by atoms with van der Waals surface area (Å²) < 4.78 is 6.87. The highest BCUT2D eigenvalue weighted by atomic mass is 15.0. The summed E-state index contributed by atoms with van der Waals surface area (Å²) in [5, 5.41) is 18.3. The number of hydrogen-bond acceptors (Lipinski definition) is 3. The van der Waals surface area contributed by atoms with Crippen molar-refractivity contribution in [3.8, 4) is 45.6 Å². The van der Waals surface area contributed by atoms with E-state index in [9.17, 15) is 5.26 Å². The third-order valence-electron chi connectivity index (χ3n) is 11.8. The van der Waals surface area contributed by atoms with Crippen molar-refractivity contribution in [2.45, 2.75) is 0 Å². The fraction of sp³-hybridized carbons (Fsp3) is 0. The summed E-state index contributed by atoms with van der Waals surface area (Å²) in [5.74, 6) is 0. The number of rotatable bonds is 5. The second-order valence-corrected chi connectivity index (χ2v) is 14.9. The Labute approximate surface area is 338 Å². The highest BCUT2D eigenvalue weighted by Crippen LogP contribution is 2.40. The molecule has 59 heavy (non-hydrogen) atoms. The minimum absolute atomic E-state index is 0.508. The lowest BCUT2D eigenvalue weighted by Crippen LogP contribution is -2.02. The molecule has 0 spiro atoms. The molecule has 0 bridgehead atoms. The molecule has 0 unspecified atom stereocenters. The number of nitriles is 1. The topological polar surface area (TPSA) is 64.4 Å². The summed E-state index contributed by atoms with van der Waals surface area (Å²) in [6.07, 6.45) is 3.70. The first kappa shape index (κ1) is 32.9. The van der Waals surface area contributed by atoms with Gasteiger partial charge in [-0.2, -0.15) is 5.26 Å². The zero-order chi connectivity index (χ0) is 39.0. The largest absolute Gasteiger partial charge is 0.309 e. The lowest BCUT2D eigenvalue weighted by atomic mass is 9.95. The molecule has 5 aromatic heterocycles. The average Bonchev–Trinajstić information content (AvgIpc) is 3.95. The van der Waals surface area contributed by atoms with Crippen LogP contribution < -0.4 is 0 Å². The number of benzene rings is 7. The third kappa shape index (κ3) is 4.92. The number of nitrogens with zero attached hydrogens (tertiary/aromatic N) is 6. The maximum atomic E-state index is 11.2. The van der Waals surface area contributed by atoms with Crippen molar-refractivity contribution >= 4 is 65.4 Å². The van der Waals surface area contributed by atoms with Crippen LogP contribution in [0.4, 0.5) is 0 Å². The predicted octanol–water partition coefficient (Wildman–Crippen LogP) is 13.0. The quantitative estimate of drug-likeness (QED) is 0.176. The molecular formula is C53H32N6. The maximum absolute atomic E-state index is 11.2. The second-order valence-electron chi connectivity index (χ2n) is 14.9. The molecule has 274 valence electrons. The van der Waals surface area contributed by atoms with E-state index in [0.29, 0.717) is 17.0 Å². The van der Waals surface area contributed by atoms with E-state index < -0.39 is 0 Å². The normalized spacial score (nSPS) is 11.7. The van der Waals surface area contributed by atoms with Gasteiger partial charge in [-0.1, -0.05) is 109 Å². The summed E-state index contributed by atoms with van der Waals surface area (Å²) in [5.41, 5.74) is 12.8. The van der Waals surface area contributed by atoms with Crippen LogP contribution in [0, 0.1) is 11.3 Å². The van der Waals surface area contributed by atoms with Gasteiger partial charge in [0.1, 0.15) is 6.07 Å².